The molecule has 3 aliphatic rings. The number of hydrogen-bond donors (Lipinski definition) is 2. The van der Waals surface area contributed by atoms with Crippen molar-refractivity contribution < 1.29 is 24.2 Å². The Labute approximate surface area is 106 Å². The quantitative estimate of drug-likeness (QED) is 0.775. The van der Waals surface area contributed by atoms with Gasteiger partial charge in [-0.2, -0.15) is 0 Å². The van der Waals surface area contributed by atoms with Gasteiger partial charge in [-0.25, -0.2) is 4.79 Å². The Morgan fingerprint density at radius 3 is 2.39 bits per heavy atom. The lowest BCUT2D eigenvalue weighted by atomic mass is 9.56. The molecule has 1 aliphatic carbocycles. The van der Waals surface area contributed by atoms with E-state index in [-0.39, 0.29) is 6.61 Å². The van der Waals surface area contributed by atoms with E-state index in [2.05, 4.69) is 5.32 Å². The van der Waals surface area contributed by atoms with Gasteiger partial charge in [0.15, 0.2) is 0 Å². The maximum absolute atomic E-state index is 11.7. The van der Waals surface area contributed by atoms with Gasteiger partial charge in [-0.05, 0) is 33.6 Å². The fourth-order valence-electron chi connectivity index (χ4n) is 2.75. The van der Waals surface area contributed by atoms with E-state index in [1.165, 1.54) is 0 Å². The van der Waals surface area contributed by atoms with Crippen LogP contribution in [0.5, 0.6) is 0 Å². The number of carboxylic acid groups (broad SMARTS) is 1. The lowest BCUT2D eigenvalue weighted by Crippen LogP contribution is -2.71. The SMILES string of the molecule is CC(C)(C)OC(=O)NC12COCC(C(=O)O)(C1)C2. The van der Waals surface area contributed by atoms with E-state index in [0.29, 0.717) is 19.4 Å². The van der Waals surface area contributed by atoms with Crippen LogP contribution in [-0.2, 0) is 14.3 Å². The molecule has 0 aromatic rings. The lowest BCUT2D eigenvalue weighted by Gasteiger charge is -2.57. The van der Waals surface area contributed by atoms with E-state index in [0.717, 1.165) is 0 Å². The first kappa shape index (κ1) is 13.1. The van der Waals surface area contributed by atoms with Crippen molar-refractivity contribution in [2.24, 2.45) is 5.41 Å². The summed E-state index contributed by atoms with van der Waals surface area (Å²) in [6, 6.07) is 0. The monoisotopic (exact) mass is 257 g/mol. The molecule has 2 aliphatic heterocycles. The van der Waals surface area contributed by atoms with Crippen LogP contribution in [-0.4, -0.2) is 41.5 Å². The third-order valence-corrected chi connectivity index (χ3v) is 3.33. The molecule has 102 valence electrons. The van der Waals surface area contributed by atoms with Crippen molar-refractivity contribution >= 4 is 12.1 Å². The van der Waals surface area contributed by atoms with Crippen molar-refractivity contribution in [3.63, 3.8) is 0 Å². The molecule has 1 saturated carbocycles. The fraction of sp³-hybridized carbons (Fsp3) is 0.833. The van der Waals surface area contributed by atoms with Gasteiger partial charge in [0.25, 0.3) is 0 Å². The molecule has 1 amide bonds. The number of alkyl carbamates (subject to hydrolysis) is 1. The van der Waals surface area contributed by atoms with Crippen LogP contribution in [0.2, 0.25) is 0 Å². The Balaban J connectivity index is 1.96. The number of carbonyl (C=O) groups excluding carboxylic acids is 1. The summed E-state index contributed by atoms with van der Waals surface area (Å²) in [4.78, 5) is 22.8. The molecule has 0 atom stereocenters. The second-order valence-electron chi connectivity index (χ2n) is 6.34. The maximum atomic E-state index is 11.7. The number of aliphatic carboxylic acids is 1. The molecule has 2 saturated heterocycles. The molecule has 0 radical (unpaired) electrons. The molecule has 6 nitrogen and oxygen atoms in total. The number of rotatable bonds is 2. The summed E-state index contributed by atoms with van der Waals surface area (Å²) >= 11 is 0. The summed E-state index contributed by atoms with van der Waals surface area (Å²) in [5.74, 6) is -0.858. The van der Waals surface area contributed by atoms with E-state index in [1.54, 1.807) is 20.8 Å². The lowest BCUT2D eigenvalue weighted by molar-refractivity contribution is -0.194. The number of carboxylic acids is 1. The van der Waals surface area contributed by atoms with Gasteiger partial charge in [0.1, 0.15) is 5.60 Å². The van der Waals surface area contributed by atoms with E-state index in [1.807, 2.05) is 0 Å². The second kappa shape index (κ2) is 3.85. The van der Waals surface area contributed by atoms with Crippen molar-refractivity contribution in [3.8, 4) is 0 Å². The van der Waals surface area contributed by atoms with E-state index >= 15 is 0 Å². The van der Waals surface area contributed by atoms with Crippen LogP contribution in [0.3, 0.4) is 0 Å². The van der Waals surface area contributed by atoms with Gasteiger partial charge in [-0.15, -0.1) is 0 Å². The molecule has 18 heavy (non-hydrogen) atoms. The summed E-state index contributed by atoms with van der Waals surface area (Å²) in [7, 11) is 0. The van der Waals surface area contributed by atoms with Crippen LogP contribution in [0.1, 0.15) is 33.6 Å². The minimum Gasteiger partial charge on any atom is -0.481 e. The molecular formula is C12H19NO5. The molecule has 0 spiro atoms. The minimum atomic E-state index is -0.858. The van der Waals surface area contributed by atoms with Crippen molar-refractivity contribution in [3.05, 3.63) is 0 Å². The Morgan fingerprint density at radius 2 is 1.89 bits per heavy atom. The van der Waals surface area contributed by atoms with Gasteiger partial charge < -0.3 is 19.9 Å². The average molecular weight is 257 g/mol. The molecule has 2 bridgehead atoms. The Morgan fingerprint density at radius 1 is 1.28 bits per heavy atom. The molecule has 0 aromatic carbocycles. The van der Waals surface area contributed by atoms with Gasteiger partial charge in [0, 0.05) is 0 Å². The molecule has 3 rings (SSSR count). The highest BCUT2D eigenvalue weighted by Gasteiger charge is 2.63. The number of hydrogen-bond acceptors (Lipinski definition) is 4. The molecular weight excluding hydrogens is 238 g/mol. The van der Waals surface area contributed by atoms with Crippen LogP contribution in [0.15, 0.2) is 0 Å². The predicted octanol–water partition coefficient (Wildman–Crippen LogP) is 1.14. The van der Waals surface area contributed by atoms with Crippen LogP contribution in [0, 0.1) is 5.41 Å². The highest BCUT2D eigenvalue weighted by Crippen LogP contribution is 2.52. The highest BCUT2D eigenvalue weighted by atomic mass is 16.6. The molecule has 2 heterocycles. The first-order valence-corrected chi connectivity index (χ1v) is 5.99. The van der Waals surface area contributed by atoms with Crippen molar-refractivity contribution in [2.75, 3.05) is 13.2 Å². The summed E-state index contributed by atoms with van der Waals surface area (Å²) in [5.41, 5.74) is -1.96. The standard InChI is InChI=1S/C12H19NO5/c1-10(2,3)18-9(16)13-12-4-11(5-12,8(14)15)6-17-7-12/h4-7H2,1-3H3,(H,13,16)(H,14,15). The van der Waals surface area contributed by atoms with Crippen molar-refractivity contribution in [1.82, 2.24) is 5.32 Å². The number of ether oxygens (including phenoxy) is 2. The largest absolute Gasteiger partial charge is 0.481 e. The number of amides is 1. The van der Waals surface area contributed by atoms with Crippen LogP contribution < -0.4 is 5.32 Å². The Kier molecular flexibility index (Phi) is 2.81. The summed E-state index contributed by atoms with van der Waals surface area (Å²) in [6.45, 7) is 5.92. The van der Waals surface area contributed by atoms with Gasteiger partial charge in [-0.1, -0.05) is 0 Å². The molecule has 0 aromatic heterocycles. The second-order valence-corrected chi connectivity index (χ2v) is 6.34. The molecule has 3 fully saturated rings. The topological polar surface area (TPSA) is 84.9 Å². The number of carbonyl (C=O) groups is 2. The van der Waals surface area contributed by atoms with Crippen LogP contribution in [0.4, 0.5) is 4.79 Å². The number of nitrogens with one attached hydrogen (secondary N) is 1. The van der Waals surface area contributed by atoms with E-state index < -0.39 is 28.6 Å². The average Bonchev–Trinajstić information content (AvgIpc) is 2.12. The zero-order valence-electron chi connectivity index (χ0n) is 10.9. The van der Waals surface area contributed by atoms with Gasteiger partial charge in [-0.3, -0.25) is 4.79 Å². The van der Waals surface area contributed by atoms with E-state index in [9.17, 15) is 9.59 Å². The predicted molar refractivity (Wildman–Crippen MR) is 62.2 cm³/mol. The van der Waals surface area contributed by atoms with Crippen molar-refractivity contribution in [2.45, 2.75) is 44.8 Å². The fourth-order valence-corrected chi connectivity index (χ4v) is 2.75. The number of fused-ring (bicyclic) bond motifs is 2. The normalized spacial score (nSPS) is 34.4. The van der Waals surface area contributed by atoms with Crippen LogP contribution >= 0.6 is 0 Å². The Hall–Kier alpha value is -1.30. The Bertz CT molecular complexity index is 378. The third-order valence-electron chi connectivity index (χ3n) is 3.33. The first-order valence-electron chi connectivity index (χ1n) is 5.99. The van der Waals surface area contributed by atoms with Crippen LogP contribution in [0.25, 0.3) is 0 Å². The minimum absolute atomic E-state index is 0.222. The van der Waals surface area contributed by atoms with Gasteiger partial charge >= 0.3 is 12.1 Å². The summed E-state index contributed by atoms with van der Waals surface area (Å²) in [5, 5.41) is 11.9. The zero-order chi connectivity index (χ0) is 13.6. The maximum Gasteiger partial charge on any atom is 0.408 e. The summed E-state index contributed by atoms with van der Waals surface area (Å²) < 4.78 is 10.5. The van der Waals surface area contributed by atoms with E-state index in [4.69, 9.17) is 14.6 Å². The van der Waals surface area contributed by atoms with Crippen molar-refractivity contribution in [1.29, 1.82) is 0 Å². The van der Waals surface area contributed by atoms with Gasteiger partial charge in [0.2, 0.25) is 0 Å². The third kappa shape index (κ3) is 2.29. The highest BCUT2D eigenvalue weighted by molar-refractivity contribution is 5.78. The molecule has 2 N–H and O–H groups in total. The molecule has 0 unspecified atom stereocenters. The van der Waals surface area contributed by atoms with Gasteiger partial charge in [0.05, 0.1) is 24.2 Å². The molecule has 6 heteroatoms. The smallest absolute Gasteiger partial charge is 0.408 e. The first-order chi connectivity index (χ1) is 8.17. The zero-order valence-corrected chi connectivity index (χ0v) is 10.9. The summed E-state index contributed by atoms with van der Waals surface area (Å²) in [6.07, 6.45) is 0.301.